The summed E-state index contributed by atoms with van der Waals surface area (Å²) in [5.74, 6) is 0.181. The molecule has 0 unspecified atom stereocenters. The number of phenolic OH excluding ortho intramolecular Hbond substituents is 1. The Hall–Kier alpha value is -5.62. The Kier molecular flexibility index (Phi) is 12.4. The molecule has 17 heteroatoms. The maximum absolute atomic E-state index is 14.2. The van der Waals surface area contributed by atoms with E-state index in [1.54, 1.807) is 29.5 Å². The van der Waals surface area contributed by atoms with E-state index in [9.17, 15) is 19.8 Å². The predicted octanol–water partition coefficient (Wildman–Crippen LogP) is 4.92. The number of aliphatic hydroxyl groups excluding tert-OH is 1. The fourth-order valence-corrected chi connectivity index (χ4v) is 10.5. The van der Waals surface area contributed by atoms with E-state index >= 15 is 0 Å². The highest BCUT2D eigenvalue weighted by atomic mass is 32.1. The molecule has 2 amide bonds. The Labute approximate surface area is 371 Å². The molecule has 4 N–H and O–H groups in total. The Bertz CT molecular complexity index is 2410. The molecular formula is C46H56N10O6S. The number of nitrogens with one attached hydrogen (secondary N) is 2. The van der Waals surface area contributed by atoms with Crippen LogP contribution in [0.15, 0.2) is 70.7 Å². The normalized spacial score (nSPS) is 22.4. The van der Waals surface area contributed by atoms with Crippen LogP contribution in [0, 0.1) is 12.8 Å². The average Bonchev–Trinajstić information content (AvgIpc) is 4.12. The number of hydrogen-bond donors (Lipinski definition) is 4. The van der Waals surface area contributed by atoms with Gasteiger partial charge in [0.25, 0.3) is 5.88 Å². The largest absolute Gasteiger partial charge is 0.507 e. The summed E-state index contributed by atoms with van der Waals surface area (Å²) in [6, 6.07) is 18.6. The summed E-state index contributed by atoms with van der Waals surface area (Å²) in [6.07, 6.45) is 0.415. The smallest absolute Gasteiger partial charge is 0.254 e. The summed E-state index contributed by atoms with van der Waals surface area (Å²) in [4.78, 5) is 42.4. The monoisotopic (exact) mass is 876 g/mol. The lowest BCUT2D eigenvalue weighted by Gasteiger charge is -2.47. The molecule has 4 aliphatic rings. The highest BCUT2D eigenvalue weighted by Gasteiger charge is 2.44. The molecule has 3 fully saturated rings. The molecule has 332 valence electrons. The van der Waals surface area contributed by atoms with Gasteiger partial charge < -0.3 is 39.9 Å². The molecule has 6 atom stereocenters. The number of phenols is 1. The van der Waals surface area contributed by atoms with Crippen LogP contribution in [0.25, 0.3) is 21.7 Å². The zero-order valence-corrected chi connectivity index (χ0v) is 37.0. The number of likely N-dealkylation sites (tertiary alicyclic amines) is 2. The third-order valence-electron chi connectivity index (χ3n) is 13.1. The van der Waals surface area contributed by atoms with Gasteiger partial charge in [-0.15, -0.1) is 21.5 Å². The molecule has 0 spiro atoms. The van der Waals surface area contributed by atoms with Crippen LogP contribution in [0.5, 0.6) is 11.6 Å². The molecule has 7 heterocycles. The maximum Gasteiger partial charge on any atom is 0.254 e. The number of aryl methyl sites for hydroxylation is 1. The fourth-order valence-electron chi connectivity index (χ4n) is 9.66. The number of β-amino-alcohol motifs (C(OH)–C–C–N with tert-alkyl or cyclic N) is 1. The molecule has 3 saturated heterocycles. The van der Waals surface area contributed by atoms with Gasteiger partial charge >= 0.3 is 0 Å². The van der Waals surface area contributed by atoms with E-state index in [1.807, 2.05) is 75.7 Å². The number of hydrogen-bond acceptors (Lipinski definition) is 15. The molecule has 5 aromatic rings. The number of thiazole rings is 1. The lowest BCUT2D eigenvalue weighted by molar-refractivity contribution is -0.141. The topological polar surface area (TPSA) is 186 Å². The molecule has 0 bridgehead atoms. The van der Waals surface area contributed by atoms with E-state index in [4.69, 9.17) is 9.26 Å². The second-order valence-corrected chi connectivity index (χ2v) is 18.5. The number of aromatic nitrogens is 4. The zero-order chi connectivity index (χ0) is 43.8. The van der Waals surface area contributed by atoms with Gasteiger partial charge in [0.1, 0.15) is 24.3 Å². The quantitative estimate of drug-likeness (QED) is 0.125. The third-order valence-corrected chi connectivity index (χ3v) is 14.1. The molecule has 0 aliphatic carbocycles. The number of nitrogens with zero attached hydrogens (tertiary/aromatic N) is 8. The van der Waals surface area contributed by atoms with Crippen LogP contribution in [0.2, 0.25) is 0 Å². The zero-order valence-electron chi connectivity index (χ0n) is 36.2. The molecule has 4 aliphatic heterocycles. The number of fused-ring (bicyclic) bond motifs is 3. The van der Waals surface area contributed by atoms with Crippen LogP contribution >= 0.6 is 11.3 Å². The number of ether oxygens (including phenoxy) is 1. The summed E-state index contributed by atoms with van der Waals surface area (Å²) in [5, 5.41) is 40.7. The van der Waals surface area contributed by atoms with E-state index in [2.05, 4.69) is 45.7 Å². The van der Waals surface area contributed by atoms with Crippen molar-refractivity contribution in [2.24, 2.45) is 5.92 Å². The number of piperazine rings is 1. The average molecular weight is 877 g/mol. The standard InChI is InChI=1S/C46H56N10O6S/c1-27(2)42(46(60)56-25-34(57)19-38(56)45(59)49-28(3)30-9-11-31(12-10-30)43-29(4)48-26-63-43)40-21-41(52-62-40)61-18-17-53-14-13-32(23-53)54-15-16-55-33(24-54)22-47-44-37(55)20-36(50-51-44)35-7-5-6-8-39(35)58/h5-12,20-21,26-28,32-34,38,42,57-58H,13-19,22-25H2,1-4H3,(H,47,51)(H,49,59)/t28-,32+,33-,34+,38-,42+/m0/s1. The minimum Gasteiger partial charge on any atom is -0.507 e. The molecule has 2 aromatic carbocycles. The number of para-hydroxylation sites is 1. The van der Waals surface area contributed by atoms with Crippen molar-refractivity contribution < 1.29 is 29.1 Å². The number of amides is 2. The van der Waals surface area contributed by atoms with Gasteiger partial charge in [-0.3, -0.25) is 19.4 Å². The van der Waals surface area contributed by atoms with Crippen LogP contribution in [0.4, 0.5) is 11.5 Å². The van der Waals surface area contributed by atoms with Gasteiger partial charge in [-0.1, -0.05) is 50.2 Å². The summed E-state index contributed by atoms with van der Waals surface area (Å²) in [6.45, 7) is 14.5. The molecule has 63 heavy (non-hydrogen) atoms. The van der Waals surface area contributed by atoms with Crippen molar-refractivity contribution in [3.05, 3.63) is 83.2 Å². The van der Waals surface area contributed by atoms with Crippen LogP contribution in [-0.4, -0.2) is 140 Å². The van der Waals surface area contributed by atoms with Crippen molar-refractivity contribution in [3.63, 3.8) is 0 Å². The first-order valence-corrected chi connectivity index (χ1v) is 22.9. The van der Waals surface area contributed by atoms with Crippen LogP contribution in [0.1, 0.15) is 62.6 Å². The van der Waals surface area contributed by atoms with Crippen molar-refractivity contribution in [2.75, 3.05) is 69.2 Å². The molecule has 0 saturated carbocycles. The van der Waals surface area contributed by atoms with Gasteiger partial charge in [-0.2, -0.15) is 0 Å². The van der Waals surface area contributed by atoms with Gasteiger partial charge in [-0.05, 0) is 67.2 Å². The molecule has 3 aromatic heterocycles. The lowest BCUT2D eigenvalue weighted by atomic mass is 9.91. The van der Waals surface area contributed by atoms with E-state index in [-0.39, 0.29) is 42.5 Å². The summed E-state index contributed by atoms with van der Waals surface area (Å²) in [7, 11) is 0. The molecule has 0 radical (unpaired) electrons. The highest BCUT2D eigenvalue weighted by molar-refractivity contribution is 7.13. The Morgan fingerprint density at radius 2 is 1.84 bits per heavy atom. The number of anilines is 2. The molecule has 16 nitrogen and oxygen atoms in total. The number of aliphatic hydroxyl groups is 1. The number of carbonyl (C=O) groups excluding carboxylic acids is 2. The number of benzene rings is 2. The fraction of sp³-hybridized carbons (Fsp3) is 0.478. The predicted molar refractivity (Wildman–Crippen MR) is 240 cm³/mol. The summed E-state index contributed by atoms with van der Waals surface area (Å²) in [5.41, 5.74) is 7.18. The first-order valence-electron chi connectivity index (χ1n) is 22.0. The third kappa shape index (κ3) is 8.96. The summed E-state index contributed by atoms with van der Waals surface area (Å²) < 4.78 is 11.8. The van der Waals surface area contributed by atoms with E-state index < -0.39 is 18.1 Å². The van der Waals surface area contributed by atoms with E-state index in [0.29, 0.717) is 41.6 Å². The number of rotatable bonds is 13. The first-order chi connectivity index (χ1) is 30.5. The van der Waals surface area contributed by atoms with Gasteiger partial charge in [0.2, 0.25) is 11.8 Å². The van der Waals surface area contributed by atoms with Crippen molar-refractivity contribution in [1.82, 2.24) is 40.4 Å². The molecular weight excluding hydrogens is 821 g/mol. The van der Waals surface area contributed by atoms with Crippen LogP contribution < -0.4 is 20.3 Å². The van der Waals surface area contributed by atoms with Crippen molar-refractivity contribution >= 4 is 34.7 Å². The van der Waals surface area contributed by atoms with Crippen molar-refractivity contribution in [1.29, 1.82) is 0 Å². The minimum absolute atomic E-state index is 0.0594. The first kappa shape index (κ1) is 42.7. The van der Waals surface area contributed by atoms with Gasteiger partial charge in [0.05, 0.1) is 45.7 Å². The molecule has 9 rings (SSSR count). The Morgan fingerprint density at radius 3 is 2.62 bits per heavy atom. The SMILES string of the molecule is Cc1ncsc1-c1ccc([C@H](C)NC(=O)[C@@H]2C[C@@H](O)CN2C(=O)[C@@H](c2cc(OCCN3CC[C@@H](N4CCN5c6cc(-c7ccccc7O)nnc6NC[C@H]5C4)C3)no2)C(C)C)cc1. The summed E-state index contributed by atoms with van der Waals surface area (Å²) >= 11 is 1.59. The van der Waals surface area contributed by atoms with Crippen molar-refractivity contribution in [2.45, 2.75) is 76.7 Å². The Morgan fingerprint density at radius 1 is 1.02 bits per heavy atom. The van der Waals surface area contributed by atoms with Crippen LogP contribution in [-0.2, 0) is 9.59 Å². The minimum atomic E-state index is -0.822. The number of carbonyl (C=O) groups is 2. The Balaban J connectivity index is 0.758. The van der Waals surface area contributed by atoms with Crippen molar-refractivity contribution in [3.8, 4) is 33.3 Å². The van der Waals surface area contributed by atoms with E-state index in [0.717, 1.165) is 85.4 Å². The van der Waals surface area contributed by atoms with Crippen LogP contribution in [0.3, 0.4) is 0 Å². The second kappa shape index (κ2) is 18.2. The van der Waals surface area contributed by atoms with Gasteiger partial charge in [0, 0.05) is 69.9 Å². The maximum atomic E-state index is 14.2. The highest BCUT2D eigenvalue weighted by Crippen LogP contribution is 2.37. The second-order valence-electron chi connectivity index (χ2n) is 17.6. The van der Waals surface area contributed by atoms with Gasteiger partial charge in [-0.25, -0.2) is 4.98 Å². The van der Waals surface area contributed by atoms with E-state index in [1.165, 1.54) is 4.90 Å². The lowest BCUT2D eigenvalue weighted by Crippen LogP contribution is -2.60. The number of aromatic hydroxyl groups is 1. The van der Waals surface area contributed by atoms with Gasteiger partial charge in [0.15, 0.2) is 11.6 Å².